The van der Waals surface area contributed by atoms with E-state index in [1.165, 1.54) is 0 Å². The van der Waals surface area contributed by atoms with Crippen LogP contribution in [0.25, 0.3) is 16.6 Å². The molecule has 2 N–H and O–H groups in total. The van der Waals surface area contributed by atoms with Crippen LogP contribution in [0.3, 0.4) is 0 Å². The first kappa shape index (κ1) is 11.9. The number of fused-ring (bicyclic) bond motifs is 1. The van der Waals surface area contributed by atoms with Crippen LogP contribution >= 0.6 is 12.2 Å². The summed E-state index contributed by atoms with van der Waals surface area (Å²) in [5.41, 5.74) is 9.76. The van der Waals surface area contributed by atoms with Gasteiger partial charge in [-0.3, -0.25) is 0 Å². The molecule has 0 saturated carbocycles. The Morgan fingerprint density at radius 2 is 2.00 bits per heavy atom. The summed E-state index contributed by atoms with van der Waals surface area (Å²) in [7, 11) is 0. The zero-order chi connectivity index (χ0) is 13.4. The highest BCUT2D eigenvalue weighted by Crippen LogP contribution is 2.21. The smallest absolute Gasteiger partial charge is 0.106 e. The number of nitrogens with zero attached hydrogens (tertiary/aromatic N) is 2. The van der Waals surface area contributed by atoms with E-state index in [4.69, 9.17) is 18.0 Å². The maximum Gasteiger partial charge on any atom is 0.106 e. The molecule has 1 aromatic heterocycles. The molecule has 0 atom stereocenters. The third-order valence-corrected chi connectivity index (χ3v) is 3.34. The van der Waals surface area contributed by atoms with Crippen molar-refractivity contribution in [2.45, 2.75) is 6.92 Å². The van der Waals surface area contributed by atoms with Gasteiger partial charge in [0.2, 0.25) is 0 Å². The molecule has 94 valence electrons. The molecule has 3 nitrogen and oxygen atoms in total. The highest BCUT2D eigenvalue weighted by Gasteiger charge is 2.10. The molecular formula is C15H13N3S. The number of benzene rings is 2. The lowest BCUT2D eigenvalue weighted by Gasteiger charge is -2.10. The highest BCUT2D eigenvalue weighted by atomic mass is 32.1. The van der Waals surface area contributed by atoms with Gasteiger partial charge in [-0.15, -0.1) is 0 Å². The molecule has 0 amide bonds. The van der Waals surface area contributed by atoms with Gasteiger partial charge in [-0.05, 0) is 25.1 Å². The predicted molar refractivity (Wildman–Crippen MR) is 81.7 cm³/mol. The van der Waals surface area contributed by atoms with E-state index < -0.39 is 0 Å². The molecule has 4 heteroatoms. The predicted octanol–water partition coefficient (Wildman–Crippen LogP) is 2.97. The Morgan fingerprint density at radius 1 is 1.21 bits per heavy atom. The van der Waals surface area contributed by atoms with Crippen LogP contribution in [0.15, 0.2) is 48.7 Å². The average molecular weight is 267 g/mol. The second-order valence-electron chi connectivity index (χ2n) is 4.50. The number of thiocarbonyl (C=S) groups is 1. The standard InChI is InChI=1S/C15H13N3S/c1-10-6-7-14(12(8-10)15(16)19)18-13-5-3-2-4-11(13)9-17-18/h2-9H,1H3,(H2,16,19). The quantitative estimate of drug-likeness (QED) is 0.726. The van der Waals surface area contributed by atoms with E-state index >= 15 is 0 Å². The monoisotopic (exact) mass is 267 g/mol. The summed E-state index contributed by atoms with van der Waals surface area (Å²) in [5.74, 6) is 0. The van der Waals surface area contributed by atoms with Crippen LogP contribution < -0.4 is 5.73 Å². The number of rotatable bonds is 2. The molecule has 3 aromatic rings. The Labute approximate surface area is 116 Å². The number of nitrogens with two attached hydrogens (primary N) is 1. The normalized spacial score (nSPS) is 10.8. The summed E-state index contributed by atoms with van der Waals surface area (Å²) in [6, 6.07) is 14.1. The number of aromatic nitrogens is 2. The maximum atomic E-state index is 5.82. The molecule has 0 bridgehead atoms. The van der Waals surface area contributed by atoms with Crippen molar-refractivity contribution in [1.82, 2.24) is 9.78 Å². The third kappa shape index (κ3) is 2.00. The van der Waals surface area contributed by atoms with Gasteiger partial charge in [0.05, 0.1) is 17.4 Å². The van der Waals surface area contributed by atoms with Crippen LogP contribution in [0.2, 0.25) is 0 Å². The van der Waals surface area contributed by atoms with E-state index in [1.807, 2.05) is 60.3 Å². The van der Waals surface area contributed by atoms with Crippen molar-refractivity contribution in [2.24, 2.45) is 5.73 Å². The van der Waals surface area contributed by atoms with Crippen LogP contribution in [0.1, 0.15) is 11.1 Å². The van der Waals surface area contributed by atoms with Gasteiger partial charge in [-0.2, -0.15) is 5.10 Å². The zero-order valence-electron chi connectivity index (χ0n) is 10.5. The first-order chi connectivity index (χ1) is 9.16. The fraction of sp³-hybridized carbons (Fsp3) is 0.0667. The second-order valence-corrected chi connectivity index (χ2v) is 4.94. The molecule has 0 saturated heterocycles. The van der Waals surface area contributed by atoms with E-state index in [1.54, 1.807) is 0 Å². The Kier molecular flexibility index (Phi) is 2.80. The van der Waals surface area contributed by atoms with Gasteiger partial charge in [0.1, 0.15) is 4.99 Å². The van der Waals surface area contributed by atoms with E-state index in [-0.39, 0.29) is 0 Å². The lowest BCUT2D eigenvalue weighted by molar-refractivity contribution is 0.908. The summed E-state index contributed by atoms with van der Waals surface area (Å²) in [5, 5.41) is 5.53. The highest BCUT2D eigenvalue weighted by molar-refractivity contribution is 7.80. The summed E-state index contributed by atoms with van der Waals surface area (Å²) in [4.78, 5) is 0.387. The molecule has 0 aliphatic carbocycles. The van der Waals surface area contributed by atoms with E-state index in [0.29, 0.717) is 4.99 Å². The largest absolute Gasteiger partial charge is 0.389 e. The summed E-state index contributed by atoms with van der Waals surface area (Å²) in [6.07, 6.45) is 1.85. The Morgan fingerprint density at radius 3 is 2.79 bits per heavy atom. The van der Waals surface area contributed by atoms with Crippen molar-refractivity contribution in [1.29, 1.82) is 0 Å². The van der Waals surface area contributed by atoms with Crippen molar-refractivity contribution < 1.29 is 0 Å². The van der Waals surface area contributed by atoms with Crippen molar-refractivity contribution in [3.63, 3.8) is 0 Å². The minimum atomic E-state index is 0.387. The molecule has 2 aromatic carbocycles. The first-order valence-corrected chi connectivity index (χ1v) is 6.41. The molecule has 0 spiro atoms. The van der Waals surface area contributed by atoms with Gasteiger partial charge in [0.15, 0.2) is 0 Å². The van der Waals surface area contributed by atoms with Gasteiger partial charge in [0, 0.05) is 10.9 Å². The molecule has 0 unspecified atom stereocenters. The van der Waals surface area contributed by atoms with Gasteiger partial charge in [0.25, 0.3) is 0 Å². The van der Waals surface area contributed by atoms with Crippen LogP contribution in [-0.2, 0) is 0 Å². The fourth-order valence-corrected chi connectivity index (χ4v) is 2.36. The van der Waals surface area contributed by atoms with E-state index in [0.717, 1.165) is 27.7 Å². The maximum absolute atomic E-state index is 5.82. The van der Waals surface area contributed by atoms with Crippen molar-refractivity contribution in [3.8, 4) is 5.69 Å². The molecule has 3 rings (SSSR count). The van der Waals surface area contributed by atoms with Gasteiger partial charge in [-0.25, -0.2) is 4.68 Å². The molecule has 0 aliphatic rings. The summed E-state index contributed by atoms with van der Waals surface area (Å²) in [6.45, 7) is 2.02. The van der Waals surface area contributed by atoms with Crippen LogP contribution in [-0.4, -0.2) is 14.8 Å². The number of hydrogen-bond acceptors (Lipinski definition) is 2. The SMILES string of the molecule is Cc1ccc(-n2ncc3ccccc32)c(C(N)=S)c1. The minimum absolute atomic E-state index is 0.387. The van der Waals surface area contributed by atoms with Crippen molar-refractivity contribution >= 4 is 28.1 Å². The third-order valence-electron chi connectivity index (χ3n) is 3.12. The molecular weight excluding hydrogens is 254 g/mol. The molecule has 1 heterocycles. The van der Waals surface area contributed by atoms with Gasteiger partial charge < -0.3 is 5.73 Å². The Hall–Kier alpha value is -2.20. The van der Waals surface area contributed by atoms with Gasteiger partial charge in [-0.1, -0.05) is 42.0 Å². The van der Waals surface area contributed by atoms with Crippen LogP contribution in [0, 0.1) is 6.92 Å². The van der Waals surface area contributed by atoms with E-state index in [2.05, 4.69) is 5.10 Å². The fourth-order valence-electron chi connectivity index (χ4n) is 2.20. The minimum Gasteiger partial charge on any atom is -0.389 e. The summed E-state index contributed by atoms with van der Waals surface area (Å²) < 4.78 is 1.88. The average Bonchev–Trinajstić information content (AvgIpc) is 2.82. The Balaban J connectivity index is 2.30. The summed E-state index contributed by atoms with van der Waals surface area (Å²) >= 11 is 5.14. The molecule has 0 fully saturated rings. The Bertz CT molecular complexity index is 774. The van der Waals surface area contributed by atoms with Crippen LogP contribution in [0.5, 0.6) is 0 Å². The topological polar surface area (TPSA) is 43.8 Å². The number of aryl methyl sites for hydroxylation is 1. The van der Waals surface area contributed by atoms with Crippen molar-refractivity contribution in [2.75, 3.05) is 0 Å². The number of para-hydroxylation sites is 1. The second kappa shape index (κ2) is 4.48. The van der Waals surface area contributed by atoms with Gasteiger partial charge >= 0.3 is 0 Å². The van der Waals surface area contributed by atoms with E-state index in [9.17, 15) is 0 Å². The first-order valence-electron chi connectivity index (χ1n) is 6.00. The molecule has 0 radical (unpaired) electrons. The van der Waals surface area contributed by atoms with Crippen molar-refractivity contribution in [3.05, 3.63) is 59.8 Å². The number of hydrogen-bond donors (Lipinski definition) is 1. The molecule has 0 aliphatic heterocycles. The molecule has 19 heavy (non-hydrogen) atoms. The zero-order valence-corrected chi connectivity index (χ0v) is 11.3. The van der Waals surface area contributed by atoms with Crippen LogP contribution in [0.4, 0.5) is 0 Å². The lowest BCUT2D eigenvalue weighted by atomic mass is 10.1. The lowest BCUT2D eigenvalue weighted by Crippen LogP contribution is -2.14.